The van der Waals surface area contributed by atoms with Crippen LogP contribution in [0.2, 0.25) is 5.02 Å². The normalized spacial score (nSPS) is 10.5. The molecule has 2 rings (SSSR count). The molecule has 0 fully saturated rings. The van der Waals surface area contributed by atoms with E-state index in [2.05, 4.69) is 5.32 Å². The van der Waals surface area contributed by atoms with Crippen LogP contribution in [-0.4, -0.2) is 5.91 Å². The zero-order valence-corrected chi connectivity index (χ0v) is 12.6. The van der Waals surface area contributed by atoms with Gasteiger partial charge in [-0.05, 0) is 48.7 Å². The van der Waals surface area contributed by atoms with Crippen molar-refractivity contribution in [2.24, 2.45) is 0 Å². The van der Waals surface area contributed by atoms with Crippen molar-refractivity contribution in [3.8, 4) is 0 Å². The molecule has 110 valence electrons. The number of carbonyl (C=O) groups is 1. The summed E-state index contributed by atoms with van der Waals surface area (Å²) in [6, 6.07) is 8.12. The Labute approximate surface area is 127 Å². The van der Waals surface area contributed by atoms with E-state index in [0.29, 0.717) is 33.9 Å². The van der Waals surface area contributed by atoms with Crippen LogP contribution in [0.25, 0.3) is 0 Å². The third-order valence-electron chi connectivity index (χ3n) is 3.13. The lowest BCUT2D eigenvalue weighted by atomic mass is 10.1. The number of anilines is 1. The van der Waals surface area contributed by atoms with Crippen LogP contribution in [0, 0.1) is 19.7 Å². The summed E-state index contributed by atoms with van der Waals surface area (Å²) in [5.74, 6) is -0.489. The van der Waals surface area contributed by atoms with Crippen LogP contribution in [0.1, 0.15) is 27.0 Å². The molecular weight excluding hydrogens is 291 g/mol. The highest BCUT2D eigenvalue weighted by Gasteiger charge is 2.09. The van der Waals surface area contributed by atoms with Crippen molar-refractivity contribution >= 4 is 23.2 Å². The number of hydrogen-bond donors (Lipinski definition) is 2. The summed E-state index contributed by atoms with van der Waals surface area (Å²) in [6.45, 7) is 3.71. The van der Waals surface area contributed by atoms with Gasteiger partial charge in [0.1, 0.15) is 5.82 Å². The van der Waals surface area contributed by atoms with Gasteiger partial charge in [-0.2, -0.15) is 0 Å². The fourth-order valence-corrected chi connectivity index (χ4v) is 2.41. The molecular formula is C16H16ClFN2O. The average molecular weight is 307 g/mol. The number of nitrogens with one attached hydrogen (secondary N) is 1. The quantitative estimate of drug-likeness (QED) is 0.851. The van der Waals surface area contributed by atoms with E-state index in [1.165, 1.54) is 0 Å². The summed E-state index contributed by atoms with van der Waals surface area (Å²) in [7, 11) is 0. The van der Waals surface area contributed by atoms with Crippen LogP contribution in [0.3, 0.4) is 0 Å². The molecule has 0 heterocycles. The lowest BCUT2D eigenvalue weighted by molar-refractivity contribution is 0.0951. The van der Waals surface area contributed by atoms with Gasteiger partial charge in [-0.1, -0.05) is 23.7 Å². The molecule has 0 aromatic heterocycles. The van der Waals surface area contributed by atoms with Crippen molar-refractivity contribution < 1.29 is 9.18 Å². The highest BCUT2D eigenvalue weighted by molar-refractivity contribution is 6.31. The van der Waals surface area contributed by atoms with Crippen LogP contribution >= 0.6 is 11.6 Å². The van der Waals surface area contributed by atoms with Gasteiger partial charge in [0.2, 0.25) is 0 Å². The Hall–Kier alpha value is -2.07. The molecule has 1 amide bonds. The van der Waals surface area contributed by atoms with Gasteiger partial charge >= 0.3 is 0 Å². The predicted octanol–water partition coefficient (Wildman–Crippen LogP) is 3.61. The number of rotatable bonds is 3. The minimum absolute atomic E-state index is 0.215. The molecule has 0 spiro atoms. The third-order valence-corrected chi connectivity index (χ3v) is 3.35. The number of aryl methyl sites for hydroxylation is 2. The number of nitrogen functional groups attached to an aromatic ring is 1. The monoisotopic (exact) mass is 306 g/mol. The Bertz CT molecular complexity index is 657. The Morgan fingerprint density at radius 1 is 1.19 bits per heavy atom. The van der Waals surface area contributed by atoms with Crippen LogP contribution in [0.5, 0.6) is 0 Å². The van der Waals surface area contributed by atoms with Gasteiger partial charge in [-0.3, -0.25) is 4.79 Å². The van der Waals surface area contributed by atoms with Gasteiger partial charge < -0.3 is 11.1 Å². The molecule has 3 N–H and O–H groups in total. The molecule has 2 aromatic carbocycles. The predicted molar refractivity (Wildman–Crippen MR) is 82.9 cm³/mol. The fourth-order valence-electron chi connectivity index (χ4n) is 2.17. The van der Waals surface area contributed by atoms with E-state index < -0.39 is 0 Å². The number of amides is 1. The van der Waals surface area contributed by atoms with Crippen molar-refractivity contribution in [1.82, 2.24) is 5.32 Å². The Morgan fingerprint density at radius 2 is 1.81 bits per heavy atom. The summed E-state index contributed by atoms with van der Waals surface area (Å²) in [5, 5.41) is 3.18. The Morgan fingerprint density at radius 3 is 2.38 bits per heavy atom. The second-order valence-electron chi connectivity index (χ2n) is 5.00. The highest BCUT2D eigenvalue weighted by Crippen LogP contribution is 2.17. The largest absolute Gasteiger partial charge is 0.399 e. The van der Waals surface area contributed by atoms with Gasteiger partial charge in [0.15, 0.2) is 0 Å². The summed E-state index contributed by atoms with van der Waals surface area (Å²) < 4.78 is 13.5. The Kier molecular flexibility index (Phi) is 4.48. The molecule has 0 aliphatic heterocycles. The SMILES string of the molecule is Cc1cc(CNC(=O)c2cc(N)cc(Cl)c2)cc(C)c1F. The number of hydrogen-bond acceptors (Lipinski definition) is 2. The maximum Gasteiger partial charge on any atom is 0.251 e. The van der Waals surface area contributed by atoms with E-state index in [-0.39, 0.29) is 11.7 Å². The molecule has 0 radical (unpaired) electrons. The van der Waals surface area contributed by atoms with E-state index in [4.69, 9.17) is 17.3 Å². The number of carbonyl (C=O) groups excluding carboxylic acids is 1. The smallest absolute Gasteiger partial charge is 0.251 e. The molecule has 0 bridgehead atoms. The molecule has 5 heteroatoms. The van der Waals surface area contributed by atoms with E-state index >= 15 is 0 Å². The van der Waals surface area contributed by atoms with Crippen molar-refractivity contribution in [3.05, 3.63) is 63.4 Å². The lowest BCUT2D eigenvalue weighted by Gasteiger charge is -2.09. The molecule has 0 aliphatic carbocycles. The van der Waals surface area contributed by atoms with E-state index in [1.54, 1.807) is 44.2 Å². The molecule has 0 unspecified atom stereocenters. The minimum Gasteiger partial charge on any atom is -0.399 e. The molecule has 0 saturated carbocycles. The van der Waals surface area contributed by atoms with Crippen LogP contribution < -0.4 is 11.1 Å². The van der Waals surface area contributed by atoms with Crippen LogP contribution in [-0.2, 0) is 6.54 Å². The van der Waals surface area contributed by atoms with Crippen LogP contribution in [0.15, 0.2) is 30.3 Å². The highest BCUT2D eigenvalue weighted by atomic mass is 35.5. The number of halogens is 2. The number of nitrogens with two attached hydrogens (primary N) is 1. The lowest BCUT2D eigenvalue weighted by Crippen LogP contribution is -2.23. The maximum atomic E-state index is 13.5. The maximum absolute atomic E-state index is 13.5. The second-order valence-corrected chi connectivity index (χ2v) is 5.44. The summed E-state index contributed by atoms with van der Waals surface area (Å²) in [4.78, 5) is 12.1. The summed E-state index contributed by atoms with van der Waals surface area (Å²) >= 11 is 5.87. The first-order valence-electron chi connectivity index (χ1n) is 6.46. The van der Waals surface area contributed by atoms with E-state index in [1.807, 2.05) is 0 Å². The zero-order chi connectivity index (χ0) is 15.6. The minimum atomic E-state index is -0.274. The first-order valence-corrected chi connectivity index (χ1v) is 6.84. The molecule has 21 heavy (non-hydrogen) atoms. The fraction of sp³-hybridized carbons (Fsp3) is 0.188. The van der Waals surface area contributed by atoms with Crippen molar-refractivity contribution in [2.75, 3.05) is 5.73 Å². The molecule has 0 aliphatic rings. The number of benzene rings is 2. The first kappa shape index (κ1) is 15.3. The van der Waals surface area contributed by atoms with Crippen molar-refractivity contribution in [2.45, 2.75) is 20.4 Å². The zero-order valence-electron chi connectivity index (χ0n) is 11.8. The third kappa shape index (κ3) is 3.73. The van der Waals surface area contributed by atoms with Crippen LogP contribution in [0.4, 0.5) is 10.1 Å². The standard InChI is InChI=1S/C16H16ClFN2O/c1-9-3-11(4-10(2)15(9)18)8-20-16(21)12-5-13(17)7-14(19)6-12/h3-7H,8,19H2,1-2H3,(H,20,21). The summed E-state index contributed by atoms with van der Waals surface area (Å²) in [6.07, 6.45) is 0. The van der Waals surface area contributed by atoms with Gasteiger partial charge in [-0.25, -0.2) is 4.39 Å². The van der Waals surface area contributed by atoms with Gasteiger partial charge in [0.05, 0.1) is 0 Å². The second kappa shape index (κ2) is 6.14. The Balaban J connectivity index is 2.11. The van der Waals surface area contributed by atoms with Gasteiger partial charge in [-0.15, -0.1) is 0 Å². The molecule has 0 saturated heterocycles. The van der Waals surface area contributed by atoms with Crippen molar-refractivity contribution in [1.29, 1.82) is 0 Å². The van der Waals surface area contributed by atoms with Gasteiger partial charge in [0.25, 0.3) is 5.91 Å². The average Bonchev–Trinajstić information content (AvgIpc) is 2.40. The van der Waals surface area contributed by atoms with Crippen molar-refractivity contribution in [3.63, 3.8) is 0 Å². The molecule has 3 nitrogen and oxygen atoms in total. The molecule has 2 aromatic rings. The summed E-state index contributed by atoms with van der Waals surface area (Å²) in [5.41, 5.74) is 8.45. The molecule has 0 atom stereocenters. The topological polar surface area (TPSA) is 55.1 Å². The first-order chi connectivity index (χ1) is 9.86. The van der Waals surface area contributed by atoms with E-state index in [9.17, 15) is 9.18 Å². The van der Waals surface area contributed by atoms with E-state index in [0.717, 1.165) is 5.56 Å². The van der Waals surface area contributed by atoms with Gasteiger partial charge in [0, 0.05) is 22.8 Å².